The maximum atomic E-state index is 11.3. The highest BCUT2D eigenvalue weighted by Crippen LogP contribution is 2.26. The molecule has 0 atom stereocenters. The molecule has 0 aliphatic heterocycles. The van der Waals surface area contributed by atoms with Crippen LogP contribution in [-0.2, 0) is 4.74 Å². The first-order valence-electron chi connectivity index (χ1n) is 6.41. The molecular weight excluding hydrogens is 212 g/mol. The molecule has 0 N–H and O–H groups in total. The molecule has 0 saturated heterocycles. The topological polar surface area (TPSA) is 26.3 Å². The van der Waals surface area contributed by atoms with Crippen molar-refractivity contribution in [1.82, 2.24) is 0 Å². The van der Waals surface area contributed by atoms with Crippen molar-refractivity contribution in [3.8, 4) is 0 Å². The number of hydrogen-bond acceptors (Lipinski definition) is 2. The van der Waals surface area contributed by atoms with Gasteiger partial charge in [0.25, 0.3) is 0 Å². The molecule has 0 amide bonds. The lowest BCUT2D eigenvalue weighted by atomic mass is 9.90. The standard InChI is InChI=1S/C15H22O2/c1-4-6-12(7-5-2)13-8-10-14(11-9-13)15(16)17-3/h8-12H,4-7H2,1-3H3. The van der Waals surface area contributed by atoms with Crippen LogP contribution in [0.1, 0.15) is 61.4 Å². The summed E-state index contributed by atoms with van der Waals surface area (Å²) in [6.45, 7) is 4.43. The van der Waals surface area contributed by atoms with Crippen LogP contribution in [0.15, 0.2) is 24.3 Å². The molecule has 0 fully saturated rings. The van der Waals surface area contributed by atoms with E-state index < -0.39 is 0 Å². The van der Waals surface area contributed by atoms with E-state index in [4.69, 9.17) is 4.74 Å². The molecule has 2 nitrogen and oxygen atoms in total. The van der Waals surface area contributed by atoms with Crippen LogP contribution in [-0.4, -0.2) is 13.1 Å². The summed E-state index contributed by atoms with van der Waals surface area (Å²) in [6.07, 6.45) is 4.82. The highest BCUT2D eigenvalue weighted by Gasteiger charge is 2.11. The first kappa shape index (κ1) is 13.8. The lowest BCUT2D eigenvalue weighted by molar-refractivity contribution is 0.0600. The average Bonchev–Trinajstić information content (AvgIpc) is 2.38. The van der Waals surface area contributed by atoms with Gasteiger partial charge in [-0.05, 0) is 36.5 Å². The Kier molecular flexibility index (Phi) is 5.75. The zero-order valence-electron chi connectivity index (χ0n) is 11.0. The van der Waals surface area contributed by atoms with Crippen molar-refractivity contribution in [2.45, 2.75) is 45.4 Å². The number of rotatable bonds is 6. The minimum Gasteiger partial charge on any atom is -0.465 e. The molecule has 0 aliphatic carbocycles. The van der Waals surface area contributed by atoms with E-state index in [9.17, 15) is 4.79 Å². The third-order valence-electron chi connectivity index (χ3n) is 3.08. The molecule has 0 heterocycles. The van der Waals surface area contributed by atoms with Gasteiger partial charge in [-0.1, -0.05) is 38.8 Å². The van der Waals surface area contributed by atoms with Crippen molar-refractivity contribution in [2.24, 2.45) is 0 Å². The fourth-order valence-electron chi connectivity index (χ4n) is 2.18. The Morgan fingerprint density at radius 3 is 2.06 bits per heavy atom. The van der Waals surface area contributed by atoms with E-state index >= 15 is 0 Å². The minimum absolute atomic E-state index is 0.265. The fraction of sp³-hybridized carbons (Fsp3) is 0.533. The normalized spacial score (nSPS) is 10.6. The molecule has 1 aromatic carbocycles. The smallest absolute Gasteiger partial charge is 0.337 e. The Hall–Kier alpha value is -1.31. The number of methoxy groups -OCH3 is 1. The Morgan fingerprint density at radius 2 is 1.65 bits per heavy atom. The molecule has 0 unspecified atom stereocenters. The van der Waals surface area contributed by atoms with Gasteiger partial charge in [0.05, 0.1) is 12.7 Å². The fourth-order valence-corrected chi connectivity index (χ4v) is 2.18. The van der Waals surface area contributed by atoms with Crippen molar-refractivity contribution in [3.63, 3.8) is 0 Å². The van der Waals surface area contributed by atoms with Crippen LogP contribution < -0.4 is 0 Å². The Labute approximate surface area is 104 Å². The van der Waals surface area contributed by atoms with E-state index in [2.05, 4.69) is 26.0 Å². The number of carbonyl (C=O) groups excluding carboxylic acids is 1. The van der Waals surface area contributed by atoms with Crippen LogP contribution >= 0.6 is 0 Å². The summed E-state index contributed by atoms with van der Waals surface area (Å²) < 4.78 is 4.69. The number of hydrogen-bond donors (Lipinski definition) is 0. The summed E-state index contributed by atoms with van der Waals surface area (Å²) in [4.78, 5) is 11.3. The number of carbonyl (C=O) groups is 1. The third-order valence-corrected chi connectivity index (χ3v) is 3.08. The SMILES string of the molecule is CCCC(CCC)c1ccc(C(=O)OC)cc1. The van der Waals surface area contributed by atoms with E-state index in [1.54, 1.807) is 0 Å². The Balaban J connectivity index is 2.80. The molecule has 0 aliphatic rings. The summed E-state index contributed by atoms with van der Waals surface area (Å²) in [5.74, 6) is 0.357. The van der Waals surface area contributed by atoms with Gasteiger partial charge in [0.15, 0.2) is 0 Å². The van der Waals surface area contributed by atoms with E-state index in [1.165, 1.54) is 38.4 Å². The van der Waals surface area contributed by atoms with Crippen molar-refractivity contribution in [2.75, 3.05) is 7.11 Å². The second-order valence-corrected chi connectivity index (χ2v) is 4.39. The Morgan fingerprint density at radius 1 is 1.12 bits per heavy atom. The van der Waals surface area contributed by atoms with Crippen LogP contribution in [0.5, 0.6) is 0 Å². The largest absolute Gasteiger partial charge is 0.465 e. The lowest BCUT2D eigenvalue weighted by Crippen LogP contribution is -2.03. The van der Waals surface area contributed by atoms with E-state index in [1.807, 2.05) is 12.1 Å². The highest BCUT2D eigenvalue weighted by atomic mass is 16.5. The molecule has 0 bridgehead atoms. The molecule has 1 rings (SSSR count). The van der Waals surface area contributed by atoms with Crippen LogP contribution in [0, 0.1) is 0 Å². The van der Waals surface area contributed by atoms with Crippen LogP contribution in [0.25, 0.3) is 0 Å². The number of benzene rings is 1. The van der Waals surface area contributed by atoms with Crippen LogP contribution in [0.2, 0.25) is 0 Å². The van der Waals surface area contributed by atoms with Crippen molar-refractivity contribution in [3.05, 3.63) is 35.4 Å². The highest BCUT2D eigenvalue weighted by molar-refractivity contribution is 5.89. The molecule has 1 aromatic rings. The molecule has 17 heavy (non-hydrogen) atoms. The van der Waals surface area contributed by atoms with Crippen molar-refractivity contribution < 1.29 is 9.53 Å². The zero-order chi connectivity index (χ0) is 12.7. The van der Waals surface area contributed by atoms with Crippen molar-refractivity contribution in [1.29, 1.82) is 0 Å². The monoisotopic (exact) mass is 234 g/mol. The van der Waals surface area contributed by atoms with Crippen LogP contribution in [0.4, 0.5) is 0 Å². The van der Waals surface area contributed by atoms with E-state index in [0.29, 0.717) is 11.5 Å². The summed E-state index contributed by atoms with van der Waals surface area (Å²) >= 11 is 0. The van der Waals surface area contributed by atoms with Gasteiger partial charge < -0.3 is 4.74 Å². The Bertz CT molecular complexity index is 334. The average molecular weight is 234 g/mol. The molecular formula is C15H22O2. The van der Waals surface area contributed by atoms with Gasteiger partial charge in [0.2, 0.25) is 0 Å². The van der Waals surface area contributed by atoms with Crippen LogP contribution in [0.3, 0.4) is 0 Å². The quantitative estimate of drug-likeness (QED) is 0.691. The first-order chi connectivity index (χ1) is 8.22. The molecule has 94 valence electrons. The molecule has 2 heteroatoms. The van der Waals surface area contributed by atoms with Gasteiger partial charge in [0.1, 0.15) is 0 Å². The van der Waals surface area contributed by atoms with Gasteiger partial charge in [-0.25, -0.2) is 4.79 Å². The minimum atomic E-state index is -0.265. The van der Waals surface area contributed by atoms with Gasteiger partial charge in [-0.3, -0.25) is 0 Å². The van der Waals surface area contributed by atoms with Crippen molar-refractivity contribution >= 4 is 5.97 Å². The molecule has 0 radical (unpaired) electrons. The molecule has 0 spiro atoms. The lowest BCUT2D eigenvalue weighted by Gasteiger charge is -2.15. The van der Waals surface area contributed by atoms with Gasteiger partial charge in [-0.15, -0.1) is 0 Å². The first-order valence-corrected chi connectivity index (χ1v) is 6.41. The second kappa shape index (κ2) is 7.10. The number of ether oxygens (including phenoxy) is 1. The summed E-state index contributed by atoms with van der Waals surface area (Å²) in [7, 11) is 1.41. The summed E-state index contributed by atoms with van der Waals surface area (Å²) in [5.41, 5.74) is 1.96. The van der Waals surface area contributed by atoms with E-state index in [0.717, 1.165) is 0 Å². The predicted octanol–water partition coefficient (Wildman–Crippen LogP) is 4.16. The summed E-state index contributed by atoms with van der Waals surface area (Å²) in [6, 6.07) is 7.84. The second-order valence-electron chi connectivity index (χ2n) is 4.39. The maximum absolute atomic E-state index is 11.3. The van der Waals surface area contributed by atoms with Gasteiger partial charge in [0, 0.05) is 0 Å². The third kappa shape index (κ3) is 3.88. The zero-order valence-corrected chi connectivity index (χ0v) is 11.0. The van der Waals surface area contributed by atoms with E-state index in [-0.39, 0.29) is 5.97 Å². The summed E-state index contributed by atoms with van der Waals surface area (Å²) in [5, 5.41) is 0. The molecule has 0 aromatic heterocycles. The predicted molar refractivity (Wildman–Crippen MR) is 70.3 cm³/mol. The molecule has 0 saturated carbocycles. The van der Waals surface area contributed by atoms with Gasteiger partial charge >= 0.3 is 5.97 Å². The number of esters is 1. The van der Waals surface area contributed by atoms with Gasteiger partial charge in [-0.2, -0.15) is 0 Å². The maximum Gasteiger partial charge on any atom is 0.337 e.